The zero-order chi connectivity index (χ0) is 19.3. The number of para-hydroxylation sites is 1. The summed E-state index contributed by atoms with van der Waals surface area (Å²) in [6, 6.07) is 15.1. The number of amides is 1. The second-order valence-corrected chi connectivity index (χ2v) is 7.52. The van der Waals surface area contributed by atoms with Gasteiger partial charge in [-0.25, -0.2) is 9.69 Å². The fourth-order valence-corrected chi connectivity index (χ4v) is 2.92. The molecule has 0 saturated carbocycles. The van der Waals surface area contributed by atoms with Crippen molar-refractivity contribution in [2.24, 2.45) is 0 Å². The number of methoxy groups -OCH3 is 1. The highest BCUT2D eigenvalue weighted by Gasteiger charge is 2.28. The van der Waals surface area contributed by atoms with Crippen molar-refractivity contribution in [3.8, 4) is 5.75 Å². The third kappa shape index (κ3) is 4.88. The maximum absolute atomic E-state index is 13.0. The van der Waals surface area contributed by atoms with Gasteiger partial charge in [0.05, 0.1) is 18.5 Å². The molecule has 4 nitrogen and oxygen atoms in total. The van der Waals surface area contributed by atoms with E-state index in [1.54, 1.807) is 12.0 Å². The van der Waals surface area contributed by atoms with E-state index in [4.69, 9.17) is 9.47 Å². The SMILES string of the molecule is C/C=C(\c1ccc(OC)cc1)N(C(=O)OC(C)(C)C)c1ccccc1Br. The Bertz CT molecular complexity index is 792. The number of ether oxygens (including phenoxy) is 2. The third-order valence-electron chi connectivity index (χ3n) is 3.57. The minimum atomic E-state index is -0.602. The highest BCUT2D eigenvalue weighted by atomic mass is 79.9. The van der Waals surface area contributed by atoms with Crippen molar-refractivity contribution in [2.45, 2.75) is 33.3 Å². The summed E-state index contributed by atoms with van der Waals surface area (Å²) < 4.78 is 11.7. The van der Waals surface area contributed by atoms with Crippen LogP contribution in [0, 0.1) is 0 Å². The van der Waals surface area contributed by atoms with Gasteiger partial charge in [0, 0.05) is 4.47 Å². The molecule has 2 aromatic carbocycles. The Kier molecular flexibility index (Phi) is 6.48. The van der Waals surface area contributed by atoms with Gasteiger partial charge in [0.15, 0.2) is 0 Å². The van der Waals surface area contributed by atoms with Gasteiger partial charge in [0.1, 0.15) is 11.4 Å². The number of nitrogens with zero attached hydrogens (tertiary/aromatic N) is 1. The highest BCUT2D eigenvalue weighted by molar-refractivity contribution is 9.10. The maximum atomic E-state index is 13.0. The van der Waals surface area contributed by atoms with E-state index in [9.17, 15) is 4.79 Å². The van der Waals surface area contributed by atoms with Crippen molar-refractivity contribution in [3.05, 3.63) is 64.6 Å². The van der Waals surface area contributed by atoms with E-state index in [0.29, 0.717) is 5.69 Å². The predicted octanol–water partition coefficient (Wildman–Crippen LogP) is 6.26. The molecule has 0 heterocycles. The molecule has 1 amide bonds. The predicted molar refractivity (Wildman–Crippen MR) is 110 cm³/mol. The zero-order valence-corrected chi connectivity index (χ0v) is 17.3. The van der Waals surface area contributed by atoms with Crippen LogP contribution < -0.4 is 9.64 Å². The number of rotatable bonds is 4. The molecule has 0 unspecified atom stereocenters. The first-order valence-corrected chi connectivity index (χ1v) is 9.14. The van der Waals surface area contributed by atoms with E-state index in [1.165, 1.54) is 0 Å². The molecule has 5 heteroatoms. The van der Waals surface area contributed by atoms with Crippen LogP contribution in [0.5, 0.6) is 5.75 Å². The first-order valence-electron chi connectivity index (χ1n) is 8.35. The Morgan fingerprint density at radius 2 is 1.69 bits per heavy atom. The molecule has 26 heavy (non-hydrogen) atoms. The minimum absolute atomic E-state index is 0.437. The van der Waals surface area contributed by atoms with Gasteiger partial charge in [-0.3, -0.25) is 0 Å². The number of benzene rings is 2. The molecule has 0 radical (unpaired) electrons. The van der Waals surface area contributed by atoms with Crippen LogP contribution >= 0.6 is 15.9 Å². The number of hydrogen-bond donors (Lipinski definition) is 0. The smallest absolute Gasteiger partial charge is 0.419 e. The Morgan fingerprint density at radius 3 is 2.19 bits per heavy atom. The molecule has 0 N–H and O–H groups in total. The normalized spacial score (nSPS) is 11.8. The molecular formula is C21H24BrNO3. The minimum Gasteiger partial charge on any atom is -0.497 e. The first kappa shape index (κ1) is 20.0. The number of hydrogen-bond acceptors (Lipinski definition) is 3. The average molecular weight is 418 g/mol. The van der Waals surface area contributed by atoms with Crippen LogP contribution in [0.4, 0.5) is 10.5 Å². The highest BCUT2D eigenvalue weighted by Crippen LogP contribution is 2.34. The van der Waals surface area contributed by atoms with Crippen molar-refractivity contribution in [2.75, 3.05) is 12.0 Å². The third-order valence-corrected chi connectivity index (χ3v) is 4.24. The van der Waals surface area contributed by atoms with Crippen LogP contribution in [0.15, 0.2) is 59.1 Å². The van der Waals surface area contributed by atoms with E-state index < -0.39 is 11.7 Å². The van der Waals surface area contributed by atoms with Gasteiger partial charge in [0.2, 0.25) is 0 Å². The van der Waals surface area contributed by atoms with Crippen molar-refractivity contribution >= 4 is 33.4 Å². The van der Waals surface area contributed by atoms with Crippen molar-refractivity contribution in [3.63, 3.8) is 0 Å². The van der Waals surface area contributed by atoms with Crippen LogP contribution in [0.1, 0.15) is 33.3 Å². The van der Waals surface area contributed by atoms with Gasteiger partial charge < -0.3 is 9.47 Å². The Hall–Kier alpha value is -2.27. The Morgan fingerprint density at radius 1 is 1.08 bits per heavy atom. The molecule has 0 fully saturated rings. The lowest BCUT2D eigenvalue weighted by atomic mass is 10.1. The van der Waals surface area contributed by atoms with Gasteiger partial charge in [-0.1, -0.05) is 18.2 Å². The number of anilines is 1. The molecule has 0 spiro atoms. The van der Waals surface area contributed by atoms with Crippen LogP contribution in [0.3, 0.4) is 0 Å². The molecule has 2 aromatic rings. The van der Waals surface area contributed by atoms with Crippen LogP contribution in [0.2, 0.25) is 0 Å². The summed E-state index contributed by atoms with van der Waals surface area (Å²) in [5, 5.41) is 0. The van der Waals surface area contributed by atoms with Crippen LogP contribution in [0.25, 0.3) is 5.70 Å². The monoisotopic (exact) mass is 417 g/mol. The fourth-order valence-electron chi connectivity index (χ4n) is 2.45. The lowest BCUT2D eigenvalue weighted by Crippen LogP contribution is -2.36. The van der Waals surface area contributed by atoms with E-state index in [0.717, 1.165) is 21.5 Å². The summed E-state index contributed by atoms with van der Waals surface area (Å²) in [5.41, 5.74) is 1.73. The molecule has 138 valence electrons. The summed E-state index contributed by atoms with van der Waals surface area (Å²) in [4.78, 5) is 14.6. The topological polar surface area (TPSA) is 38.8 Å². The van der Waals surface area contributed by atoms with Gasteiger partial charge in [-0.2, -0.15) is 0 Å². The van der Waals surface area contributed by atoms with Gasteiger partial charge in [0.25, 0.3) is 0 Å². The average Bonchev–Trinajstić information content (AvgIpc) is 2.59. The lowest BCUT2D eigenvalue weighted by Gasteiger charge is -2.30. The second kappa shape index (κ2) is 8.41. The number of allylic oxidation sites excluding steroid dienone is 1. The largest absolute Gasteiger partial charge is 0.497 e. The number of carbonyl (C=O) groups excluding carboxylic acids is 1. The molecule has 2 rings (SSSR count). The summed E-state index contributed by atoms with van der Waals surface area (Å²) in [7, 11) is 1.62. The number of halogens is 1. The zero-order valence-electron chi connectivity index (χ0n) is 15.7. The Labute approximate surface area is 163 Å². The summed E-state index contributed by atoms with van der Waals surface area (Å²) >= 11 is 3.54. The maximum Gasteiger partial charge on any atom is 0.419 e. The second-order valence-electron chi connectivity index (χ2n) is 6.67. The molecule has 0 atom stereocenters. The van der Waals surface area contributed by atoms with E-state index in [1.807, 2.05) is 82.3 Å². The van der Waals surface area contributed by atoms with Crippen molar-refractivity contribution in [1.29, 1.82) is 0 Å². The molecule has 0 aliphatic rings. The molecule has 0 aromatic heterocycles. The summed E-state index contributed by atoms with van der Waals surface area (Å²) in [6.45, 7) is 7.46. The quantitative estimate of drug-likeness (QED) is 0.588. The van der Waals surface area contributed by atoms with E-state index in [2.05, 4.69) is 15.9 Å². The lowest BCUT2D eigenvalue weighted by molar-refractivity contribution is 0.0600. The summed E-state index contributed by atoms with van der Waals surface area (Å²) in [5.74, 6) is 0.758. The fraction of sp³-hybridized carbons (Fsp3) is 0.286. The number of carbonyl (C=O) groups is 1. The van der Waals surface area contributed by atoms with Crippen molar-refractivity contribution in [1.82, 2.24) is 0 Å². The molecule has 0 aliphatic heterocycles. The van der Waals surface area contributed by atoms with Crippen LogP contribution in [-0.4, -0.2) is 18.8 Å². The van der Waals surface area contributed by atoms with Crippen LogP contribution in [-0.2, 0) is 4.74 Å². The Balaban J connectivity index is 2.53. The molecule has 0 saturated heterocycles. The van der Waals surface area contributed by atoms with E-state index >= 15 is 0 Å². The molecule has 0 bridgehead atoms. The van der Waals surface area contributed by atoms with E-state index in [-0.39, 0.29) is 0 Å². The van der Waals surface area contributed by atoms with Gasteiger partial charge in [-0.05, 0) is 85.6 Å². The summed E-state index contributed by atoms with van der Waals surface area (Å²) in [6.07, 6.45) is 1.46. The van der Waals surface area contributed by atoms with Crippen molar-refractivity contribution < 1.29 is 14.3 Å². The molecular weight excluding hydrogens is 394 g/mol. The van der Waals surface area contributed by atoms with Gasteiger partial charge in [-0.15, -0.1) is 0 Å². The standard InChI is InChI=1S/C21H24BrNO3/c1-6-18(15-11-13-16(25-5)14-12-15)23(20(24)26-21(2,3)4)19-10-8-7-9-17(19)22/h6-14H,1-5H3/b18-6+. The molecule has 0 aliphatic carbocycles. The van der Waals surface area contributed by atoms with Gasteiger partial charge >= 0.3 is 6.09 Å². The first-order chi connectivity index (χ1) is 12.3.